The minimum Gasteiger partial charge on any atom is -0.494 e. The fourth-order valence-corrected chi connectivity index (χ4v) is 4.93. The third-order valence-corrected chi connectivity index (χ3v) is 6.76. The first-order valence-corrected chi connectivity index (χ1v) is 12.5. The highest BCUT2D eigenvalue weighted by Gasteiger charge is 2.37. The summed E-state index contributed by atoms with van der Waals surface area (Å²) in [6, 6.07) is 16.0. The minimum atomic E-state index is -0.404. The average molecular weight is 464 g/mol. The molecule has 6 heteroatoms. The van der Waals surface area contributed by atoms with Gasteiger partial charge in [0.25, 0.3) is 0 Å². The molecule has 0 spiro atoms. The van der Waals surface area contributed by atoms with Crippen LogP contribution in [-0.4, -0.2) is 65.3 Å². The molecule has 1 atom stereocenters. The summed E-state index contributed by atoms with van der Waals surface area (Å²) in [5, 5.41) is 0. The summed E-state index contributed by atoms with van der Waals surface area (Å²) < 4.78 is 5.53. The van der Waals surface area contributed by atoms with E-state index in [1.54, 1.807) is 0 Å². The number of hydrogen-bond acceptors (Lipinski definition) is 4. The van der Waals surface area contributed by atoms with Crippen LogP contribution < -0.4 is 4.74 Å². The number of amides is 2. The van der Waals surface area contributed by atoms with Crippen molar-refractivity contribution in [2.75, 3.05) is 32.8 Å². The van der Waals surface area contributed by atoms with Crippen molar-refractivity contribution in [3.63, 3.8) is 0 Å². The normalized spacial score (nSPS) is 18.6. The van der Waals surface area contributed by atoms with Crippen molar-refractivity contribution in [2.24, 2.45) is 5.92 Å². The summed E-state index contributed by atoms with van der Waals surface area (Å²) >= 11 is 0. The lowest BCUT2D eigenvalue weighted by Crippen LogP contribution is -2.57. The van der Waals surface area contributed by atoms with E-state index in [4.69, 9.17) is 4.74 Å². The molecule has 2 aromatic rings. The lowest BCUT2D eigenvalue weighted by molar-refractivity contribution is -0.148. The summed E-state index contributed by atoms with van der Waals surface area (Å²) in [4.78, 5) is 32.9. The van der Waals surface area contributed by atoms with Crippen LogP contribution in [0, 0.1) is 5.92 Å². The molecule has 0 aliphatic carbocycles. The zero-order valence-electron chi connectivity index (χ0n) is 20.7. The Morgan fingerprint density at radius 3 is 2.29 bits per heavy atom. The first kappa shape index (κ1) is 24.3. The summed E-state index contributed by atoms with van der Waals surface area (Å²) in [6.45, 7) is 11.2. The van der Waals surface area contributed by atoms with Crippen molar-refractivity contribution < 1.29 is 14.3 Å². The highest BCUT2D eigenvalue weighted by atomic mass is 16.5. The molecule has 4 rings (SSSR count). The SMILES string of the molecule is CCOc1ccc(CN2CCN(C(=O)C3Cc4ccccc4CN3C(=O)CC(C)C)CC2)cc1. The van der Waals surface area contributed by atoms with E-state index in [9.17, 15) is 9.59 Å². The van der Waals surface area contributed by atoms with Gasteiger partial charge in [-0.2, -0.15) is 0 Å². The number of benzene rings is 2. The van der Waals surface area contributed by atoms with Crippen molar-refractivity contribution in [3.8, 4) is 5.75 Å². The fourth-order valence-electron chi connectivity index (χ4n) is 4.93. The molecule has 1 unspecified atom stereocenters. The predicted octanol–water partition coefficient (Wildman–Crippen LogP) is 3.73. The Kier molecular flexibility index (Phi) is 7.88. The van der Waals surface area contributed by atoms with E-state index in [1.807, 2.05) is 41.0 Å². The van der Waals surface area contributed by atoms with Gasteiger partial charge in [0.05, 0.1) is 6.61 Å². The van der Waals surface area contributed by atoms with Gasteiger partial charge in [-0.1, -0.05) is 50.2 Å². The van der Waals surface area contributed by atoms with Crippen molar-refractivity contribution in [3.05, 3.63) is 65.2 Å². The quantitative estimate of drug-likeness (QED) is 0.628. The number of carbonyl (C=O) groups excluding carboxylic acids is 2. The molecule has 1 fully saturated rings. The molecule has 0 saturated carbocycles. The molecule has 34 heavy (non-hydrogen) atoms. The van der Waals surface area contributed by atoms with Crippen LogP contribution in [-0.2, 0) is 29.1 Å². The molecule has 2 heterocycles. The zero-order chi connectivity index (χ0) is 24.1. The molecule has 1 saturated heterocycles. The maximum Gasteiger partial charge on any atom is 0.245 e. The molecule has 2 amide bonds. The maximum atomic E-state index is 13.6. The monoisotopic (exact) mass is 463 g/mol. The largest absolute Gasteiger partial charge is 0.494 e. The molecule has 182 valence electrons. The summed E-state index contributed by atoms with van der Waals surface area (Å²) in [5.74, 6) is 1.34. The van der Waals surface area contributed by atoms with E-state index in [-0.39, 0.29) is 17.7 Å². The Bertz CT molecular complexity index is 981. The lowest BCUT2D eigenvalue weighted by Gasteiger charge is -2.41. The molecule has 0 N–H and O–H groups in total. The highest BCUT2D eigenvalue weighted by Crippen LogP contribution is 2.26. The average Bonchev–Trinajstić information content (AvgIpc) is 2.84. The molecule has 2 aliphatic heterocycles. The van der Waals surface area contributed by atoms with Crippen LogP contribution in [0.2, 0.25) is 0 Å². The van der Waals surface area contributed by atoms with Crippen LogP contribution in [0.4, 0.5) is 0 Å². The summed E-state index contributed by atoms with van der Waals surface area (Å²) in [5.41, 5.74) is 3.59. The Labute approximate surface area is 203 Å². The topological polar surface area (TPSA) is 53.1 Å². The first-order chi connectivity index (χ1) is 16.4. The Balaban J connectivity index is 1.39. The van der Waals surface area contributed by atoms with Gasteiger partial charge in [-0.25, -0.2) is 0 Å². The molecule has 2 aromatic carbocycles. The standard InChI is InChI=1S/C28H37N3O3/c1-4-34-25-11-9-22(10-12-25)19-29-13-15-30(16-14-29)28(33)26-18-23-7-5-6-8-24(23)20-31(26)27(32)17-21(2)3/h5-12,21,26H,4,13-20H2,1-3H3. The van der Waals surface area contributed by atoms with Gasteiger partial charge in [0, 0.05) is 52.1 Å². The second-order valence-corrected chi connectivity index (χ2v) is 9.79. The van der Waals surface area contributed by atoms with Gasteiger partial charge in [0.2, 0.25) is 11.8 Å². The van der Waals surface area contributed by atoms with Gasteiger partial charge < -0.3 is 14.5 Å². The van der Waals surface area contributed by atoms with Gasteiger partial charge in [0.1, 0.15) is 11.8 Å². The third kappa shape index (κ3) is 5.79. The number of fused-ring (bicyclic) bond motifs is 1. The molecular weight excluding hydrogens is 426 g/mol. The third-order valence-electron chi connectivity index (χ3n) is 6.76. The van der Waals surface area contributed by atoms with Gasteiger partial charge in [-0.3, -0.25) is 14.5 Å². The molecule has 6 nitrogen and oxygen atoms in total. The number of hydrogen-bond donors (Lipinski definition) is 0. The van der Waals surface area contributed by atoms with Crippen molar-refractivity contribution in [2.45, 2.75) is 52.7 Å². The van der Waals surface area contributed by atoms with Crippen LogP contribution in [0.15, 0.2) is 48.5 Å². The molecule has 0 radical (unpaired) electrons. The van der Waals surface area contributed by atoms with Gasteiger partial charge in [-0.05, 0) is 41.7 Å². The van der Waals surface area contributed by atoms with Crippen LogP contribution >= 0.6 is 0 Å². The second-order valence-electron chi connectivity index (χ2n) is 9.79. The minimum absolute atomic E-state index is 0.0805. The summed E-state index contributed by atoms with van der Waals surface area (Å²) in [6.07, 6.45) is 1.08. The Morgan fingerprint density at radius 2 is 1.65 bits per heavy atom. The van der Waals surface area contributed by atoms with E-state index in [0.29, 0.717) is 39.1 Å². The van der Waals surface area contributed by atoms with Gasteiger partial charge in [0.15, 0.2) is 0 Å². The second kappa shape index (κ2) is 11.0. The van der Waals surface area contributed by atoms with Gasteiger partial charge >= 0.3 is 0 Å². The van der Waals surface area contributed by atoms with E-state index in [1.165, 1.54) is 11.1 Å². The van der Waals surface area contributed by atoms with Crippen LogP contribution in [0.1, 0.15) is 43.9 Å². The molecule has 0 bridgehead atoms. The van der Waals surface area contributed by atoms with Crippen molar-refractivity contribution >= 4 is 11.8 Å². The number of ether oxygens (including phenoxy) is 1. The van der Waals surface area contributed by atoms with Crippen LogP contribution in [0.25, 0.3) is 0 Å². The van der Waals surface area contributed by atoms with E-state index in [0.717, 1.165) is 30.9 Å². The molecule has 0 aromatic heterocycles. The molecular formula is C28H37N3O3. The number of nitrogens with zero attached hydrogens (tertiary/aromatic N) is 3. The van der Waals surface area contributed by atoms with Crippen LogP contribution in [0.5, 0.6) is 5.75 Å². The Morgan fingerprint density at radius 1 is 0.971 bits per heavy atom. The van der Waals surface area contributed by atoms with Crippen LogP contribution in [0.3, 0.4) is 0 Å². The van der Waals surface area contributed by atoms with Crippen molar-refractivity contribution in [1.29, 1.82) is 0 Å². The molecule has 2 aliphatic rings. The number of carbonyl (C=O) groups is 2. The lowest BCUT2D eigenvalue weighted by atomic mass is 9.92. The van der Waals surface area contributed by atoms with E-state index < -0.39 is 6.04 Å². The predicted molar refractivity (Wildman–Crippen MR) is 133 cm³/mol. The van der Waals surface area contributed by atoms with Crippen molar-refractivity contribution in [1.82, 2.24) is 14.7 Å². The summed E-state index contributed by atoms with van der Waals surface area (Å²) in [7, 11) is 0. The number of rotatable bonds is 7. The fraction of sp³-hybridized carbons (Fsp3) is 0.500. The van der Waals surface area contributed by atoms with E-state index >= 15 is 0 Å². The maximum absolute atomic E-state index is 13.6. The van der Waals surface area contributed by atoms with Gasteiger partial charge in [-0.15, -0.1) is 0 Å². The Hall–Kier alpha value is -2.86. The zero-order valence-corrected chi connectivity index (χ0v) is 20.7. The van der Waals surface area contributed by atoms with E-state index in [2.05, 4.69) is 43.0 Å². The highest BCUT2D eigenvalue weighted by molar-refractivity contribution is 5.88. The first-order valence-electron chi connectivity index (χ1n) is 12.5. The smallest absolute Gasteiger partial charge is 0.245 e. The number of piperazine rings is 1.